The summed E-state index contributed by atoms with van der Waals surface area (Å²) in [7, 11) is 0. The van der Waals surface area contributed by atoms with Crippen molar-refractivity contribution in [1.82, 2.24) is 0 Å². The number of ether oxygens (including phenoxy) is 2. The van der Waals surface area contributed by atoms with Crippen molar-refractivity contribution in [2.24, 2.45) is 0 Å². The van der Waals surface area contributed by atoms with E-state index >= 15 is 0 Å². The second kappa shape index (κ2) is 8.57. The van der Waals surface area contributed by atoms with Crippen LogP contribution in [0.3, 0.4) is 0 Å². The molecule has 0 fully saturated rings. The van der Waals surface area contributed by atoms with Gasteiger partial charge in [0.1, 0.15) is 0 Å². The van der Waals surface area contributed by atoms with Crippen molar-refractivity contribution in [3.8, 4) is 0 Å². The van der Waals surface area contributed by atoms with Gasteiger partial charge in [0.25, 0.3) is 0 Å². The van der Waals surface area contributed by atoms with Gasteiger partial charge >= 0.3 is 0 Å². The molecule has 1 aromatic rings. The van der Waals surface area contributed by atoms with E-state index in [1.807, 2.05) is 25.6 Å². The molecule has 0 aliphatic heterocycles. The van der Waals surface area contributed by atoms with Gasteiger partial charge in [-0.2, -0.15) is 0 Å². The second-order valence-corrected chi connectivity index (χ2v) is 5.79. The molecule has 102 valence electrons. The topological polar surface area (TPSA) is 18.5 Å². The first-order valence-electron chi connectivity index (χ1n) is 6.49. The van der Waals surface area contributed by atoms with E-state index in [0.717, 1.165) is 12.4 Å². The molecule has 0 amide bonds. The molecule has 2 nitrogen and oxygen atoms in total. The van der Waals surface area contributed by atoms with Crippen molar-refractivity contribution < 1.29 is 9.47 Å². The van der Waals surface area contributed by atoms with Crippen molar-refractivity contribution in [3.63, 3.8) is 0 Å². The third-order valence-electron chi connectivity index (χ3n) is 2.65. The molecule has 0 aliphatic rings. The van der Waals surface area contributed by atoms with Crippen LogP contribution < -0.4 is 0 Å². The van der Waals surface area contributed by atoms with E-state index in [1.165, 1.54) is 16.0 Å². The van der Waals surface area contributed by atoms with Gasteiger partial charge in [-0.25, -0.2) is 0 Å². The molecule has 0 spiro atoms. The lowest BCUT2D eigenvalue weighted by atomic mass is 10.1. The highest BCUT2D eigenvalue weighted by Gasteiger charge is 1.98. The van der Waals surface area contributed by atoms with E-state index < -0.39 is 0 Å². The van der Waals surface area contributed by atoms with Crippen molar-refractivity contribution in [1.29, 1.82) is 0 Å². The smallest absolute Gasteiger partial charge is 0.0703 e. The minimum atomic E-state index is 0.290. The molecule has 1 rings (SSSR count). The molecule has 0 saturated heterocycles. The number of hydrogen-bond donors (Lipinski definition) is 0. The lowest BCUT2D eigenvalue weighted by Crippen LogP contribution is -2.10. The van der Waals surface area contributed by atoms with Crippen LogP contribution in [0.15, 0.2) is 23.1 Å². The first-order chi connectivity index (χ1) is 8.59. The summed E-state index contributed by atoms with van der Waals surface area (Å²) in [5.41, 5.74) is 2.70. The van der Waals surface area contributed by atoms with Crippen LogP contribution in [0.1, 0.15) is 25.0 Å². The van der Waals surface area contributed by atoms with Gasteiger partial charge in [-0.05, 0) is 51.0 Å². The first kappa shape index (κ1) is 15.5. The average Bonchev–Trinajstić information content (AvgIpc) is 2.32. The van der Waals surface area contributed by atoms with Gasteiger partial charge in [-0.3, -0.25) is 0 Å². The molecule has 0 N–H and O–H groups in total. The Labute approximate surface area is 115 Å². The third-order valence-corrected chi connectivity index (χ3v) is 3.61. The Morgan fingerprint density at radius 2 is 1.83 bits per heavy atom. The number of rotatable bonds is 8. The quantitative estimate of drug-likeness (QED) is 0.527. The van der Waals surface area contributed by atoms with E-state index in [4.69, 9.17) is 9.47 Å². The first-order valence-corrected chi connectivity index (χ1v) is 7.47. The number of hydrogen-bond acceptors (Lipinski definition) is 3. The van der Waals surface area contributed by atoms with Crippen molar-refractivity contribution in [3.05, 3.63) is 29.3 Å². The number of benzene rings is 1. The molecular formula is C15H24O2S. The highest BCUT2D eigenvalue weighted by molar-refractivity contribution is 7.99. The molecule has 0 aliphatic carbocycles. The molecule has 0 saturated carbocycles. The maximum atomic E-state index is 5.51. The van der Waals surface area contributed by atoms with Gasteiger partial charge in [-0.15, -0.1) is 11.8 Å². The van der Waals surface area contributed by atoms with E-state index in [0.29, 0.717) is 19.3 Å². The highest BCUT2D eigenvalue weighted by Crippen LogP contribution is 2.20. The van der Waals surface area contributed by atoms with Gasteiger partial charge in [0.05, 0.1) is 25.9 Å². The van der Waals surface area contributed by atoms with E-state index in [-0.39, 0.29) is 0 Å². The zero-order valence-electron chi connectivity index (χ0n) is 11.9. The van der Waals surface area contributed by atoms with Crippen LogP contribution in [0.5, 0.6) is 0 Å². The third kappa shape index (κ3) is 6.43. The Kier molecular flexibility index (Phi) is 7.40. The zero-order valence-corrected chi connectivity index (χ0v) is 12.7. The molecule has 3 heteroatoms. The van der Waals surface area contributed by atoms with E-state index in [2.05, 4.69) is 32.0 Å². The fourth-order valence-electron chi connectivity index (χ4n) is 1.47. The van der Waals surface area contributed by atoms with Crippen LogP contribution in [-0.2, 0) is 9.47 Å². The molecule has 18 heavy (non-hydrogen) atoms. The highest BCUT2D eigenvalue weighted by atomic mass is 32.2. The summed E-state index contributed by atoms with van der Waals surface area (Å²) < 4.78 is 10.9. The zero-order chi connectivity index (χ0) is 13.4. The normalized spacial score (nSPS) is 11.2. The maximum Gasteiger partial charge on any atom is 0.0703 e. The summed E-state index contributed by atoms with van der Waals surface area (Å²) in [6.45, 7) is 10.5. The SMILES string of the molecule is Cc1ccc(SCCOCCOC(C)C)cc1C. The van der Waals surface area contributed by atoms with E-state index in [9.17, 15) is 0 Å². The lowest BCUT2D eigenvalue weighted by Gasteiger charge is -2.08. The van der Waals surface area contributed by atoms with Crippen LogP contribution in [-0.4, -0.2) is 31.7 Å². The fraction of sp³-hybridized carbons (Fsp3) is 0.600. The molecule has 0 bridgehead atoms. The van der Waals surface area contributed by atoms with Gasteiger partial charge in [0.15, 0.2) is 0 Å². The maximum absolute atomic E-state index is 5.51. The Bertz CT molecular complexity index is 350. The van der Waals surface area contributed by atoms with Gasteiger partial charge in [0.2, 0.25) is 0 Å². The summed E-state index contributed by atoms with van der Waals surface area (Å²) in [6.07, 6.45) is 0.290. The Morgan fingerprint density at radius 1 is 1.06 bits per heavy atom. The van der Waals surface area contributed by atoms with Crippen LogP contribution in [0, 0.1) is 13.8 Å². The lowest BCUT2D eigenvalue weighted by molar-refractivity contribution is 0.0237. The monoisotopic (exact) mass is 268 g/mol. The Balaban J connectivity index is 2.09. The van der Waals surface area contributed by atoms with Gasteiger partial charge in [-0.1, -0.05) is 6.07 Å². The van der Waals surface area contributed by atoms with Crippen LogP contribution >= 0.6 is 11.8 Å². The predicted octanol–water partition coefficient (Wildman–Crippen LogP) is 3.84. The minimum absolute atomic E-state index is 0.290. The second-order valence-electron chi connectivity index (χ2n) is 4.63. The summed E-state index contributed by atoms with van der Waals surface area (Å²) in [5, 5.41) is 0. The van der Waals surface area contributed by atoms with Crippen LogP contribution in [0.4, 0.5) is 0 Å². The molecule has 0 unspecified atom stereocenters. The number of thioether (sulfide) groups is 1. The van der Waals surface area contributed by atoms with Gasteiger partial charge < -0.3 is 9.47 Å². The molecule has 0 heterocycles. The largest absolute Gasteiger partial charge is 0.378 e. The van der Waals surface area contributed by atoms with Crippen molar-refractivity contribution in [2.45, 2.75) is 38.7 Å². The van der Waals surface area contributed by atoms with Crippen molar-refractivity contribution in [2.75, 3.05) is 25.6 Å². The fourth-order valence-corrected chi connectivity index (χ4v) is 2.33. The summed E-state index contributed by atoms with van der Waals surface area (Å²) in [6, 6.07) is 6.59. The summed E-state index contributed by atoms with van der Waals surface area (Å²) in [4.78, 5) is 1.32. The van der Waals surface area contributed by atoms with Crippen molar-refractivity contribution >= 4 is 11.8 Å². The molecule has 0 aromatic heterocycles. The minimum Gasteiger partial charge on any atom is -0.378 e. The standard InChI is InChI=1S/C15H24O2S/c1-12(2)17-8-7-16-9-10-18-15-6-5-13(3)14(4)11-15/h5-6,11-12H,7-10H2,1-4H3. The predicted molar refractivity (Wildman–Crippen MR) is 78.5 cm³/mol. The Morgan fingerprint density at radius 3 is 2.50 bits per heavy atom. The molecular weight excluding hydrogens is 244 g/mol. The Hall–Kier alpha value is -0.510. The summed E-state index contributed by atoms with van der Waals surface area (Å²) >= 11 is 1.84. The summed E-state index contributed by atoms with van der Waals surface area (Å²) in [5.74, 6) is 0.990. The van der Waals surface area contributed by atoms with Gasteiger partial charge in [0, 0.05) is 10.6 Å². The molecule has 0 radical (unpaired) electrons. The molecule has 1 aromatic carbocycles. The van der Waals surface area contributed by atoms with Crippen LogP contribution in [0.25, 0.3) is 0 Å². The average molecular weight is 268 g/mol. The van der Waals surface area contributed by atoms with Crippen LogP contribution in [0.2, 0.25) is 0 Å². The number of aryl methyl sites for hydroxylation is 2. The van der Waals surface area contributed by atoms with E-state index in [1.54, 1.807) is 0 Å². The molecule has 0 atom stereocenters.